The highest BCUT2D eigenvalue weighted by atomic mass is 35.5. The summed E-state index contributed by atoms with van der Waals surface area (Å²) in [5.74, 6) is 0. The Labute approximate surface area is 90.7 Å². The number of halogens is 1. The standard InChI is InChI=1S/C10H7ClN2O2/c1-6-9(13(14)15)3-2-7-8(11)4-5-12-10(6)7/h2-5H,1H3. The Morgan fingerprint density at radius 2 is 2.13 bits per heavy atom. The Morgan fingerprint density at radius 1 is 1.40 bits per heavy atom. The summed E-state index contributed by atoms with van der Waals surface area (Å²) in [5.41, 5.74) is 1.19. The summed E-state index contributed by atoms with van der Waals surface area (Å²) in [6.45, 7) is 1.67. The van der Waals surface area contributed by atoms with Gasteiger partial charge >= 0.3 is 0 Å². The lowest BCUT2D eigenvalue weighted by Gasteiger charge is -2.03. The van der Waals surface area contributed by atoms with Crippen molar-refractivity contribution in [1.82, 2.24) is 4.98 Å². The zero-order valence-electron chi connectivity index (χ0n) is 7.90. The minimum atomic E-state index is -0.419. The van der Waals surface area contributed by atoms with E-state index in [2.05, 4.69) is 4.98 Å². The third-order valence-corrected chi connectivity index (χ3v) is 2.61. The maximum absolute atomic E-state index is 10.7. The highest BCUT2D eigenvalue weighted by Crippen LogP contribution is 2.29. The van der Waals surface area contributed by atoms with Gasteiger partial charge in [0.2, 0.25) is 0 Å². The molecule has 1 aromatic carbocycles. The van der Waals surface area contributed by atoms with Gasteiger partial charge in [-0.25, -0.2) is 0 Å². The van der Waals surface area contributed by atoms with Crippen molar-refractivity contribution in [1.29, 1.82) is 0 Å². The van der Waals surface area contributed by atoms with E-state index in [1.54, 1.807) is 25.3 Å². The summed E-state index contributed by atoms with van der Waals surface area (Å²) in [6.07, 6.45) is 1.54. The Morgan fingerprint density at radius 3 is 2.80 bits per heavy atom. The molecular formula is C10H7ClN2O2. The molecule has 0 saturated carbocycles. The van der Waals surface area contributed by atoms with Gasteiger partial charge in [-0.15, -0.1) is 0 Å². The normalized spacial score (nSPS) is 10.5. The van der Waals surface area contributed by atoms with Crippen molar-refractivity contribution >= 4 is 28.2 Å². The molecule has 5 heteroatoms. The van der Waals surface area contributed by atoms with Gasteiger partial charge in [0.1, 0.15) is 0 Å². The number of nitro groups is 1. The molecule has 0 saturated heterocycles. The molecule has 0 aliphatic rings. The molecule has 2 rings (SSSR count). The molecule has 0 amide bonds. The smallest absolute Gasteiger partial charge is 0.258 e. The Hall–Kier alpha value is -1.68. The minimum absolute atomic E-state index is 0.0669. The summed E-state index contributed by atoms with van der Waals surface area (Å²) >= 11 is 5.95. The molecule has 0 unspecified atom stereocenters. The molecule has 0 N–H and O–H groups in total. The first-order chi connectivity index (χ1) is 7.11. The fourth-order valence-electron chi connectivity index (χ4n) is 1.51. The van der Waals surface area contributed by atoms with Crippen LogP contribution in [0.3, 0.4) is 0 Å². The van der Waals surface area contributed by atoms with Gasteiger partial charge in [-0.05, 0) is 19.1 Å². The van der Waals surface area contributed by atoms with Gasteiger partial charge in [0.15, 0.2) is 0 Å². The molecule has 0 radical (unpaired) electrons. The lowest BCUT2D eigenvalue weighted by Crippen LogP contribution is -1.93. The second-order valence-corrected chi connectivity index (χ2v) is 3.56. The fraction of sp³-hybridized carbons (Fsp3) is 0.100. The van der Waals surface area contributed by atoms with Crippen molar-refractivity contribution in [3.8, 4) is 0 Å². The molecule has 0 atom stereocenters. The summed E-state index contributed by atoms with van der Waals surface area (Å²) < 4.78 is 0. The molecule has 0 spiro atoms. The molecule has 0 aliphatic heterocycles. The van der Waals surface area contributed by atoms with Crippen molar-refractivity contribution in [2.75, 3.05) is 0 Å². The van der Waals surface area contributed by atoms with Gasteiger partial charge in [0.05, 0.1) is 21.0 Å². The van der Waals surface area contributed by atoms with E-state index >= 15 is 0 Å². The third-order valence-electron chi connectivity index (χ3n) is 2.28. The largest absolute Gasteiger partial charge is 0.274 e. The van der Waals surface area contributed by atoms with Crippen LogP contribution in [-0.4, -0.2) is 9.91 Å². The second kappa shape index (κ2) is 3.47. The number of nitrogens with zero attached hydrogens (tertiary/aromatic N) is 2. The number of aryl methyl sites for hydroxylation is 1. The average Bonchev–Trinajstić information content (AvgIpc) is 2.19. The Balaban J connectivity index is 2.86. The highest BCUT2D eigenvalue weighted by Gasteiger charge is 2.14. The van der Waals surface area contributed by atoms with E-state index in [1.807, 2.05) is 0 Å². The number of hydrogen-bond acceptors (Lipinski definition) is 3. The van der Waals surface area contributed by atoms with Crippen LogP contribution in [0.25, 0.3) is 10.9 Å². The van der Waals surface area contributed by atoms with Gasteiger partial charge < -0.3 is 0 Å². The van der Waals surface area contributed by atoms with Crippen LogP contribution in [0, 0.1) is 17.0 Å². The van der Waals surface area contributed by atoms with Crippen LogP contribution in [0.5, 0.6) is 0 Å². The molecule has 2 aromatic rings. The maximum atomic E-state index is 10.7. The molecule has 76 valence electrons. The maximum Gasteiger partial charge on any atom is 0.274 e. The quantitative estimate of drug-likeness (QED) is 0.550. The molecule has 1 aromatic heterocycles. The van der Waals surface area contributed by atoms with Crippen LogP contribution >= 0.6 is 11.6 Å². The topological polar surface area (TPSA) is 56.0 Å². The third kappa shape index (κ3) is 1.53. The van der Waals surface area contributed by atoms with E-state index in [0.717, 1.165) is 5.39 Å². The fourth-order valence-corrected chi connectivity index (χ4v) is 1.72. The summed E-state index contributed by atoms with van der Waals surface area (Å²) in [7, 11) is 0. The van der Waals surface area contributed by atoms with Gasteiger partial charge in [-0.2, -0.15) is 0 Å². The van der Waals surface area contributed by atoms with Crippen molar-refractivity contribution in [2.45, 2.75) is 6.92 Å². The van der Waals surface area contributed by atoms with Crippen LogP contribution in [0.2, 0.25) is 5.02 Å². The average molecular weight is 223 g/mol. The number of aromatic nitrogens is 1. The van der Waals surface area contributed by atoms with Gasteiger partial charge in [0.25, 0.3) is 5.69 Å². The van der Waals surface area contributed by atoms with E-state index in [4.69, 9.17) is 11.6 Å². The molecule has 4 nitrogen and oxygen atoms in total. The van der Waals surface area contributed by atoms with E-state index in [-0.39, 0.29) is 5.69 Å². The van der Waals surface area contributed by atoms with Crippen LogP contribution in [-0.2, 0) is 0 Å². The van der Waals surface area contributed by atoms with E-state index in [0.29, 0.717) is 16.1 Å². The monoisotopic (exact) mass is 222 g/mol. The summed E-state index contributed by atoms with van der Waals surface area (Å²) in [5, 5.41) is 12.0. The van der Waals surface area contributed by atoms with E-state index in [9.17, 15) is 10.1 Å². The molecule has 0 fully saturated rings. The van der Waals surface area contributed by atoms with Crippen LogP contribution < -0.4 is 0 Å². The summed E-state index contributed by atoms with van der Waals surface area (Å²) in [4.78, 5) is 14.4. The lowest BCUT2D eigenvalue weighted by molar-refractivity contribution is -0.385. The molecule has 15 heavy (non-hydrogen) atoms. The zero-order valence-corrected chi connectivity index (χ0v) is 8.65. The zero-order chi connectivity index (χ0) is 11.0. The van der Waals surface area contributed by atoms with Gasteiger partial charge in [-0.1, -0.05) is 11.6 Å². The van der Waals surface area contributed by atoms with E-state index < -0.39 is 4.92 Å². The predicted octanol–water partition coefficient (Wildman–Crippen LogP) is 3.10. The Bertz CT molecular complexity index is 554. The molecule has 0 bridgehead atoms. The van der Waals surface area contributed by atoms with Crippen molar-refractivity contribution < 1.29 is 4.92 Å². The molecule has 0 aliphatic carbocycles. The molecule has 1 heterocycles. The number of fused-ring (bicyclic) bond motifs is 1. The first kappa shape index (κ1) is 9.86. The van der Waals surface area contributed by atoms with Crippen molar-refractivity contribution in [3.05, 3.63) is 45.1 Å². The number of pyridine rings is 1. The van der Waals surface area contributed by atoms with Gasteiger partial charge in [-0.3, -0.25) is 15.1 Å². The van der Waals surface area contributed by atoms with Crippen molar-refractivity contribution in [3.63, 3.8) is 0 Å². The number of nitro benzene ring substituents is 1. The van der Waals surface area contributed by atoms with Crippen molar-refractivity contribution in [2.24, 2.45) is 0 Å². The van der Waals surface area contributed by atoms with Crippen LogP contribution in [0.15, 0.2) is 24.4 Å². The number of rotatable bonds is 1. The number of benzene rings is 1. The SMILES string of the molecule is Cc1c([N+](=O)[O-])ccc2c(Cl)ccnc12. The first-order valence-corrected chi connectivity index (χ1v) is 4.67. The van der Waals surface area contributed by atoms with Crippen LogP contribution in [0.1, 0.15) is 5.56 Å². The minimum Gasteiger partial charge on any atom is -0.258 e. The summed E-state index contributed by atoms with van der Waals surface area (Å²) in [6, 6.07) is 4.73. The second-order valence-electron chi connectivity index (χ2n) is 3.16. The predicted molar refractivity (Wildman–Crippen MR) is 58.1 cm³/mol. The highest BCUT2D eigenvalue weighted by molar-refractivity contribution is 6.35. The lowest BCUT2D eigenvalue weighted by atomic mass is 10.1. The number of hydrogen-bond donors (Lipinski definition) is 0. The van der Waals surface area contributed by atoms with Gasteiger partial charge in [0, 0.05) is 17.6 Å². The first-order valence-electron chi connectivity index (χ1n) is 4.29. The van der Waals surface area contributed by atoms with Crippen LogP contribution in [0.4, 0.5) is 5.69 Å². The molecular weight excluding hydrogens is 216 g/mol. The van der Waals surface area contributed by atoms with E-state index in [1.165, 1.54) is 6.07 Å². The Kier molecular flexibility index (Phi) is 2.28.